The van der Waals surface area contributed by atoms with Crippen molar-refractivity contribution in [1.29, 1.82) is 0 Å². The zero-order valence-corrected chi connectivity index (χ0v) is 17.5. The topological polar surface area (TPSA) is 66.0 Å². The lowest BCUT2D eigenvalue weighted by atomic mass is 10.0. The molecule has 6 nitrogen and oxygen atoms in total. The molecule has 158 valence electrons. The van der Waals surface area contributed by atoms with Gasteiger partial charge in [-0.3, -0.25) is 9.69 Å². The average Bonchev–Trinajstić information content (AvgIpc) is 3.42. The van der Waals surface area contributed by atoms with E-state index in [9.17, 15) is 4.79 Å². The Morgan fingerprint density at radius 2 is 1.81 bits per heavy atom. The Balaban J connectivity index is 1.18. The summed E-state index contributed by atoms with van der Waals surface area (Å²) in [6, 6.07) is 20.5. The molecule has 6 heteroatoms. The Labute approximate surface area is 181 Å². The Morgan fingerprint density at radius 3 is 2.65 bits per heavy atom. The molecule has 0 radical (unpaired) electrons. The van der Waals surface area contributed by atoms with E-state index in [0.717, 1.165) is 43.9 Å². The van der Waals surface area contributed by atoms with Crippen LogP contribution < -0.4 is 5.32 Å². The van der Waals surface area contributed by atoms with Crippen LogP contribution in [0.3, 0.4) is 0 Å². The molecule has 0 saturated carbocycles. The van der Waals surface area contributed by atoms with Crippen LogP contribution in [0, 0.1) is 0 Å². The highest BCUT2D eigenvalue weighted by Gasteiger charge is 2.23. The fraction of sp³-hybridized carbons (Fsp3) is 0.280. The van der Waals surface area contributed by atoms with Crippen LogP contribution in [0.4, 0.5) is 5.82 Å². The lowest BCUT2D eigenvalue weighted by molar-refractivity contribution is -0.115. The van der Waals surface area contributed by atoms with E-state index < -0.39 is 0 Å². The van der Waals surface area contributed by atoms with E-state index in [2.05, 4.69) is 50.8 Å². The number of likely N-dealkylation sites (tertiary alicyclic amines) is 1. The number of fused-ring (bicyclic) bond motifs is 1. The van der Waals surface area contributed by atoms with Crippen LogP contribution >= 0.6 is 0 Å². The van der Waals surface area contributed by atoms with Gasteiger partial charge >= 0.3 is 0 Å². The third kappa shape index (κ3) is 4.39. The fourth-order valence-corrected chi connectivity index (χ4v) is 4.50. The molecule has 1 saturated heterocycles. The maximum absolute atomic E-state index is 12.5. The number of aromatic amines is 1. The van der Waals surface area contributed by atoms with Crippen molar-refractivity contribution in [3.8, 4) is 0 Å². The monoisotopic (exact) mass is 413 g/mol. The number of aromatic nitrogens is 3. The number of benzene rings is 2. The first-order valence-corrected chi connectivity index (χ1v) is 10.9. The van der Waals surface area contributed by atoms with Crippen LogP contribution in [0.1, 0.15) is 30.0 Å². The lowest BCUT2D eigenvalue weighted by Crippen LogP contribution is -2.35. The fourth-order valence-electron chi connectivity index (χ4n) is 4.50. The van der Waals surface area contributed by atoms with Crippen molar-refractivity contribution in [3.05, 3.63) is 84.2 Å². The summed E-state index contributed by atoms with van der Waals surface area (Å²) in [5, 5.41) is 8.87. The number of anilines is 1. The predicted molar refractivity (Wildman–Crippen MR) is 123 cm³/mol. The van der Waals surface area contributed by atoms with E-state index in [1.165, 1.54) is 16.5 Å². The van der Waals surface area contributed by atoms with Crippen molar-refractivity contribution >= 4 is 22.6 Å². The minimum absolute atomic E-state index is 0.00952. The number of hydrogen-bond acceptors (Lipinski definition) is 3. The highest BCUT2D eigenvalue weighted by atomic mass is 16.1. The second-order valence-corrected chi connectivity index (χ2v) is 8.24. The van der Waals surface area contributed by atoms with Gasteiger partial charge in [-0.1, -0.05) is 48.5 Å². The Kier molecular flexibility index (Phi) is 5.54. The first-order chi connectivity index (χ1) is 15.3. The van der Waals surface area contributed by atoms with Crippen molar-refractivity contribution in [3.63, 3.8) is 0 Å². The SMILES string of the molecule is O=C(Cc1ccccc1)Nc1ccnn1C1CCN(Cc2c[nH]c3ccccc23)CC1. The molecule has 1 aliphatic heterocycles. The second kappa shape index (κ2) is 8.78. The summed E-state index contributed by atoms with van der Waals surface area (Å²) in [7, 11) is 0. The summed E-state index contributed by atoms with van der Waals surface area (Å²) in [6.07, 6.45) is 6.31. The van der Waals surface area contributed by atoms with Gasteiger partial charge in [0.05, 0.1) is 18.7 Å². The van der Waals surface area contributed by atoms with Gasteiger partial charge < -0.3 is 10.3 Å². The van der Waals surface area contributed by atoms with Crippen molar-refractivity contribution < 1.29 is 4.79 Å². The molecule has 31 heavy (non-hydrogen) atoms. The van der Waals surface area contributed by atoms with Crippen molar-refractivity contribution in [2.45, 2.75) is 31.8 Å². The summed E-state index contributed by atoms with van der Waals surface area (Å²) in [4.78, 5) is 18.4. The van der Waals surface area contributed by atoms with E-state index in [4.69, 9.17) is 0 Å². The van der Waals surface area contributed by atoms with Crippen molar-refractivity contribution in [2.75, 3.05) is 18.4 Å². The Bertz CT molecular complexity index is 1150. The molecule has 3 heterocycles. The molecule has 4 aromatic rings. The smallest absolute Gasteiger partial charge is 0.229 e. The summed E-state index contributed by atoms with van der Waals surface area (Å²) < 4.78 is 1.99. The number of para-hydroxylation sites is 1. The van der Waals surface area contributed by atoms with Crippen LogP contribution in [0.15, 0.2) is 73.1 Å². The predicted octanol–water partition coefficient (Wildman–Crippen LogP) is 4.38. The van der Waals surface area contributed by atoms with Gasteiger partial charge in [-0.05, 0) is 30.0 Å². The maximum atomic E-state index is 12.5. The number of nitrogens with zero attached hydrogens (tertiary/aromatic N) is 3. The highest BCUT2D eigenvalue weighted by molar-refractivity contribution is 5.91. The quantitative estimate of drug-likeness (QED) is 0.493. The molecule has 1 fully saturated rings. The molecule has 0 bridgehead atoms. The molecular formula is C25H27N5O. The minimum atomic E-state index is -0.00952. The van der Waals surface area contributed by atoms with E-state index in [1.54, 1.807) is 6.20 Å². The number of carbonyl (C=O) groups is 1. The standard InChI is InChI=1S/C25H27N5O/c31-25(16-19-6-2-1-3-7-19)28-24-10-13-27-30(24)21-11-14-29(15-12-21)18-20-17-26-23-9-5-4-8-22(20)23/h1-10,13,17,21,26H,11-12,14-16,18H2,(H,28,31). The van der Waals surface area contributed by atoms with Gasteiger partial charge in [-0.2, -0.15) is 5.10 Å². The van der Waals surface area contributed by atoms with Gasteiger partial charge in [0.2, 0.25) is 5.91 Å². The number of amides is 1. The number of piperidine rings is 1. The van der Waals surface area contributed by atoms with Crippen LogP contribution in [0.25, 0.3) is 10.9 Å². The molecule has 2 aromatic carbocycles. The number of H-pyrrole nitrogens is 1. The second-order valence-electron chi connectivity index (χ2n) is 8.24. The molecular weight excluding hydrogens is 386 g/mol. The molecule has 0 unspecified atom stereocenters. The first kappa shape index (κ1) is 19.6. The molecule has 2 N–H and O–H groups in total. The number of nitrogens with one attached hydrogen (secondary N) is 2. The van der Waals surface area contributed by atoms with Gasteiger partial charge in [0.1, 0.15) is 5.82 Å². The average molecular weight is 414 g/mol. The van der Waals surface area contributed by atoms with Gasteiger partial charge in [-0.25, -0.2) is 4.68 Å². The van der Waals surface area contributed by atoms with Crippen LogP contribution in [-0.2, 0) is 17.8 Å². The van der Waals surface area contributed by atoms with Crippen LogP contribution in [-0.4, -0.2) is 38.7 Å². The molecule has 0 spiro atoms. The third-order valence-electron chi connectivity index (χ3n) is 6.12. The lowest BCUT2D eigenvalue weighted by Gasteiger charge is -2.32. The van der Waals surface area contributed by atoms with Crippen molar-refractivity contribution in [1.82, 2.24) is 19.7 Å². The van der Waals surface area contributed by atoms with Gasteiger partial charge in [0.15, 0.2) is 0 Å². The zero-order valence-electron chi connectivity index (χ0n) is 17.5. The Morgan fingerprint density at radius 1 is 1.03 bits per heavy atom. The molecule has 1 aliphatic rings. The van der Waals surface area contributed by atoms with E-state index in [-0.39, 0.29) is 5.91 Å². The van der Waals surface area contributed by atoms with E-state index >= 15 is 0 Å². The third-order valence-corrected chi connectivity index (χ3v) is 6.12. The summed E-state index contributed by atoms with van der Waals surface area (Å²) in [5.74, 6) is 0.778. The number of carbonyl (C=O) groups excluding carboxylic acids is 1. The maximum Gasteiger partial charge on any atom is 0.229 e. The molecule has 2 aromatic heterocycles. The normalized spacial score (nSPS) is 15.4. The number of rotatable bonds is 6. The molecule has 0 atom stereocenters. The van der Waals surface area contributed by atoms with Gasteiger partial charge in [0, 0.05) is 42.8 Å². The largest absolute Gasteiger partial charge is 0.361 e. The Hall–Kier alpha value is -3.38. The van der Waals surface area contributed by atoms with E-state index in [0.29, 0.717) is 12.5 Å². The van der Waals surface area contributed by atoms with Crippen LogP contribution in [0.5, 0.6) is 0 Å². The van der Waals surface area contributed by atoms with Gasteiger partial charge in [-0.15, -0.1) is 0 Å². The zero-order chi connectivity index (χ0) is 21.0. The summed E-state index contributed by atoms with van der Waals surface area (Å²) in [5.41, 5.74) is 3.55. The minimum Gasteiger partial charge on any atom is -0.361 e. The first-order valence-electron chi connectivity index (χ1n) is 10.9. The molecule has 1 amide bonds. The molecule has 5 rings (SSSR count). The van der Waals surface area contributed by atoms with Crippen molar-refractivity contribution in [2.24, 2.45) is 0 Å². The highest BCUT2D eigenvalue weighted by Crippen LogP contribution is 2.27. The van der Waals surface area contributed by atoms with E-state index in [1.807, 2.05) is 41.1 Å². The number of hydrogen-bond donors (Lipinski definition) is 2. The summed E-state index contributed by atoms with van der Waals surface area (Å²) in [6.45, 7) is 2.99. The molecule has 0 aliphatic carbocycles. The summed E-state index contributed by atoms with van der Waals surface area (Å²) >= 11 is 0. The van der Waals surface area contributed by atoms with Crippen LogP contribution in [0.2, 0.25) is 0 Å². The van der Waals surface area contributed by atoms with Gasteiger partial charge in [0.25, 0.3) is 0 Å².